The van der Waals surface area contributed by atoms with Crippen LogP contribution in [-0.4, -0.2) is 9.55 Å². The van der Waals surface area contributed by atoms with E-state index < -0.39 is 0 Å². The van der Waals surface area contributed by atoms with Crippen molar-refractivity contribution in [2.24, 2.45) is 0 Å². The summed E-state index contributed by atoms with van der Waals surface area (Å²) in [6.45, 7) is 0. The molecule has 1 aliphatic rings. The number of hydrogen-bond acceptors (Lipinski definition) is 1. The number of benzene rings is 1. The Morgan fingerprint density at radius 1 is 1.32 bits per heavy atom. The Bertz CT molecular complexity index is 605. The number of imidazole rings is 1. The number of aromatic nitrogens is 2. The van der Waals surface area contributed by atoms with Gasteiger partial charge in [-0.3, -0.25) is 0 Å². The molecule has 2 aromatic rings. The lowest BCUT2D eigenvalue weighted by atomic mass is 9.95. The molecule has 1 aliphatic carbocycles. The number of hydrogen-bond donors (Lipinski definition) is 0. The zero-order valence-corrected chi connectivity index (χ0v) is 12.8. The molecule has 1 heterocycles. The lowest BCUT2D eigenvalue weighted by molar-refractivity contribution is 0.354. The van der Waals surface area contributed by atoms with Crippen LogP contribution in [0.1, 0.15) is 44.0 Å². The quantitative estimate of drug-likeness (QED) is 0.686. The van der Waals surface area contributed by atoms with Gasteiger partial charge in [0.1, 0.15) is 11.6 Å². The van der Waals surface area contributed by atoms with Crippen LogP contribution in [0.25, 0.3) is 11.0 Å². The van der Waals surface area contributed by atoms with Gasteiger partial charge in [-0.1, -0.05) is 19.3 Å². The summed E-state index contributed by atoms with van der Waals surface area (Å²) < 4.78 is 16.4. The first-order valence-corrected chi connectivity index (χ1v) is 7.95. The van der Waals surface area contributed by atoms with Crippen LogP contribution in [0.15, 0.2) is 16.6 Å². The van der Waals surface area contributed by atoms with Gasteiger partial charge >= 0.3 is 0 Å². The minimum Gasteiger partial charge on any atom is -0.324 e. The van der Waals surface area contributed by atoms with Gasteiger partial charge in [-0.25, -0.2) is 9.37 Å². The molecule has 102 valence electrons. The van der Waals surface area contributed by atoms with Crippen LogP contribution in [0, 0.1) is 5.82 Å². The third-order valence-corrected chi connectivity index (χ3v) is 4.71. The van der Waals surface area contributed by atoms with E-state index in [4.69, 9.17) is 11.6 Å². The van der Waals surface area contributed by atoms with Crippen LogP contribution in [0.5, 0.6) is 0 Å². The van der Waals surface area contributed by atoms with Crippen LogP contribution in [0.4, 0.5) is 4.39 Å². The Morgan fingerprint density at radius 2 is 2.05 bits per heavy atom. The topological polar surface area (TPSA) is 17.8 Å². The van der Waals surface area contributed by atoms with Crippen molar-refractivity contribution in [2.75, 3.05) is 0 Å². The van der Waals surface area contributed by atoms with Crippen molar-refractivity contribution >= 4 is 38.6 Å². The van der Waals surface area contributed by atoms with Gasteiger partial charge in [-0.15, -0.1) is 11.6 Å². The smallest absolute Gasteiger partial charge is 0.139 e. The fourth-order valence-corrected chi connectivity index (χ4v) is 3.50. The van der Waals surface area contributed by atoms with E-state index >= 15 is 0 Å². The van der Waals surface area contributed by atoms with Crippen molar-refractivity contribution in [3.63, 3.8) is 0 Å². The molecule has 0 atom stereocenters. The maximum Gasteiger partial charge on any atom is 0.139 e. The van der Waals surface area contributed by atoms with E-state index in [0.717, 1.165) is 29.7 Å². The van der Waals surface area contributed by atoms with Crippen LogP contribution in [0.3, 0.4) is 0 Å². The average Bonchev–Trinajstić information content (AvgIpc) is 2.78. The Morgan fingerprint density at radius 3 is 2.74 bits per heavy atom. The van der Waals surface area contributed by atoms with Crippen molar-refractivity contribution in [3.8, 4) is 0 Å². The molecule has 1 fully saturated rings. The van der Waals surface area contributed by atoms with E-state index in [-0.39, 0.29) is 5.82 Å². The van der Waals surface area contributed by atoms with E-state index in [9.17, 15) is 4.39 Å². The summed E-state index contributed by atoms with van der Waals surface area (Å²) in [4.78, 5) is 4.54. The second kappa shape index (κ2) is 5.41. The molecule has 0 unspecified atom stereocenters. The highest BCUT2D eigenvalue weighted by Gasteiger charge is 2.21. The molecule has 2 nitrogen and oxygen atoms in total. The molecule has 0 amide bonds. The van der Waals surface area contributed by atoms with E-state index in [1.807, 2.05) is 0 Å². The lowest BCUT2D eigenvalue weighted by Gasteiger charge is -2.25. The molecule has 19 heavy (non-hydrogen) atoms. The van der Waals surface area contributed by atoms with E-state index in [0.29, 0.717) is 16.4 Å². The normalized spacial score (nSPS) is 17.2. The minimum atomic E-state index is -0.245. The second-order valence-corrected chi connectivity index (χ2v) is 6.20. The molecular formula is C14H15BrClFN2. The van der Waals surface area contributed by atoms with Gasteiger partial charge in [0.05, 0.1) is 21.4 Å². The summed E-state index contributed by atoms with van der Waals surface area (Å²) in [5.41, 5.74) is 1.68. The van der Waals surface area contributed by atoms with Crippen LogP contribution >= 0.6 is 27.5 Å². The van der Waals surface area contributed by atoms with Gasteiger partial charge in [-0.05, 0) is 34.8 Å². The molecule has 1 aromatic carbocycles. The van der Waals surface area contributed by atoms with Crippen LogP contribution in [0.2, 0.25) is 0 Å². The summed E-state index contributed by atoms with van der Waals surface area (Å²) >= 11 is 9.22. The molecule has 0 N–H and O–H groups in total. The first-order valence-electron chi connectivity index (χ1n) is 6.62. The molecule has 1 aromatic heterocycles. The molecule has 0 bridgehead atoms. The molecular weight excluding hydrogens is 331 g/mol. The minimum absolute atomic E-state index is 0.245. The lowest BCUT2D eigenvalue weighted by Crippen LogP contribution is -2.15. The summed E-state index contributed by atoms with van der Waals surface area (Å²) in [6.07, 6.45) is 6.01. The van der Waals surface area contributed by atoms with Crippen LogP contribution in [-0.2, 0) is 5.88 Å². The van der Waals surface area contributed by atoms with Gasteiger partial charge in [0.15, 0.2) is 0 Å². The number of nitrogens with zero attached hydrogens (tertiary/aromatic N) is 2. The fourth-order valence-electron chi connectivity index (χ4n) is 2.98. The van der Waals surface area contributed by atoms with Crippen molar-refractivity contribution in [3.05, 3.63) is 28.2 Å². The zero-order chi connectivity index (χ0) is 13.4. The molecule has 3 rings (SSSR count). The molecule has 5 heteroatoms. The monoisotopic (exact) mass is 344 g/mol. The van der Waals surface area contributed by atoms with Crippen molar-refractivity contribution in [2.45, 2.75) is 44.0 Å². The van der Waals surface area contributed by atoms with Crippen LogP contribution < -0.4 is 0 Å². The molecule has 0 radical (unpaired) electrons. The number of alkyl halides is 1. The molecule has 0 spiro atoms. The highest BCUT2D eigenvalue weighted by atomic mass is 79.9. The Balaban J connectivity index is 2.16. The summed E-state index contributed by atoms with van der Waals surface area (Å²) in [6, 6.07) is 3.71. The third kappa shape index (κ3) is 2.40. The van der Waals surface area contributed by atoms with Gasteiger partial charge in [-0.2, -0.15) is 0 Å². The second-order valence-electron chi connectivity index (χ2n) is 5.08. The predicted molar refractivity (Wildman–Crippen MR) is 79.1 cm³/mol. The van der Waals surface area contributed by atoms with E-state index in [2.05, 4.69) is 25.5 Å². The Hall–Kier alpha value is -0.610. The standard InChI is InChI=1S/C14H15BrClFN2/c15-10-6-12-13(7-11(10)17)19(14(8-16)18-12)9-4-2-1-3-5-9/h6-7,9H,1-5,8H2. The van der Waals surface area contributed by atoms with E-state index in [1.54, 1.807) is 12.1 Å². The number of halogens is 3. The largest absolute Gasteiger partial charge is 0.324 e. The Kier molecular flexibility index (Phi) is 3.81. The Labute approximate surface area is 125 Å². The number of rotatable bonds is 2. The zero-order valence-electron chi connectivity index (χ0n) is 10.5. The average molecular weight is 346 g/mol. The predicted octanol–water partition coefficient (Wildman–Crippen LogP) is 5.18. The van der Waals surface area contributed by atoms with E-state index in [1.165, 1.54) is 19.3 Å². The van der Waals surface area contributed by atoms with Crippen molar-refractivity contribution in [1.29, 1.82) is 0 Å². The summed E-state index contributed by atoms with van der Waals surface area (Å²) in [5, 5.41) is 0. The number of fused-ring (bicyclic) bond motifs is 1. The highest BCUT2D eigenvalue weighted by Crippen LogP contribution is 2.34. The third-order valence-electron chi connectivity index (χ3n) is 3.86. The van der Waals surface area contributed by atoms with Gasteiger partial charge in [0, 0.05) is 12.1 Å². The molecule has 0 aliphatic heterocycles. The first-order chi connectivity index (χ1) is 9.20. The highest BCUT2D eigenvalue weighted by molar-refractivity contribution is 9.10. The maximum atomic E-state index is 13.8. The van der Waals surface area contributed by atoms with Gasteiger partial charge < -0.3 is 4.57 Å². The molecule has 1 saturated carbocycles. The molecule has 0 saturated heterocycles. The van der Waals surface area contributed by atoms with Gasteiger partial charge in [0.25, 0.3) is 0 Å². The summed E-state index contributed by atoms with van der Waals surface area (Å²) in [7, 11) is 0. The first kappa shape index (κ1) is 13.4. The SMILES string of the molecule is Fc1cc2c(cc1Br)nc(CCl)n2C1CCCCC1. The maximum absolute atomic E-state index is 13.8. The van der Waals surface area contributed by atoms with Gasteiger partial charge in [0.2, 0.25) is 0 Å². The van der Waals surface area contributed by atoms with Crippen molar-refractivity contribution < 1.29 is 4.39 Å². The summed E-state index contributed by atoms with van der Waals surface area (Å²) in [5.74, 6) is 0.969. The van der Waals surface area contributed by atoms with Crippen molar-refractivity contribution in [1.82, 2.24) is 9.55 Å². The fraction of sp³-hybridized carbons (Fsp3) is 0.500.